The fraction of sp³-hybridized carbons (Fsp3) is 0.346. The number of hydrogen-bond donors (Lipinski definition) is 0. The molecule has 1 saturated heterocycles. The van der Waals surface area contributed by atoms with Gasteiger partial charge in [-0.2, -0.15) is 10.5 Å². The minimum Gasteiger partial charge on any atom is -0.299 e. The molecule has 2 aromatic carbocycles. The summed E-state index contributed by atoms with van der Waals surface area (Å²) in [6.07, 6.45) is 2.23. The van der Waals surface area contributed by atoms with Gasteiger partial charge in [-0.05, 0) is 17.5 Å². The van der Waals surface area contributed by atoms with Crippen LogP contribution in [0.25, 0.3) is 0 Å². The highest BCUT2D eigenvalue weighted by Crippen LogP contribution is 2.52. The molecule has 2 aromatic rings. The number of allylic oxidation sites excluding steroid dienone is 1. The standard InChI is InChI=1S/C26H27N3O/c1-3-15-26(18-27,19-28)24(22-12-8-5-9-13-22)25(2)20-29(16-14-23(25)30)17-21-10-6-4-7-11-21/h3-13,24H,1,14-17,20H2,2H3/t24-,25+/m1/s1. The average Bonchev–Trinajstić information content (AvgIpc) is 2.77. The van der Waals surface area contributed by atoms with Crippen LogP contribution in [0.15, 0.2) is 73.3 Å². The summed E-state index contributed by atoms with van der Waals surface area (Å²) in [5, 5.41) is 20.3. The van der Waals surface area contributed by atoms with Gasteiger partial charge in [0.25, 0.3) is 0 Å². The summed E-state index contributed by atoms with van der Waals surface area (Å²) in [5.41, 5.74) is -0.185. The zero-order valence-electron chi connectivity index (χ0n) is 17.4. The highest BCUT2D eigenvalue weighted by molar-refractivity contribution is 5.87. The number of carbonyl (C=O) groups is 1. The van der Waals surface area contributed by atoms with Gasteiger partial charge < -0.3 is 0 Å². The van der Waals surface area contributed by atoms with Gasteiger partial charge in [-0.15, -0.1) is 6.58 Å². The predicted molar refractivity (Wildman–Crippen MR) is 117 cm³/mol. The van der Waals surface area contributed by atoms with E-state index in [2.05, 4.69) is 35.8 Å². The van der Waals surface area contributed by atoms with Crippen LogP contribution in [0.2, 0.25) is 0 Å². The second-order valence-corrected chi connectivity index (χ2v) is 8.32. The van der Waals surface area contributed by atoms with E-state index in [4.69, 9.17) is 0 Å². The zero-order chi connectivity index (χ0) is 21.6. The van der Waals surface area contributed by atoms with Crippen molar-refractivity contribution in [2.45, 2.75) is 32.2 Å². The fourth-order valence-electron chi connectivity index (χ4n) is 4.84. The quantitative estimate of drug-likeness (QED) is 0.626. The van der Waals surface area contributed by atoms with Crippen molar-refractivity contribution in [2.24, 2.45) is 10.8 Å². The number of nitriles is 2. The lowest BCUT2D eigenvalue weighted by atomic mass is 9.57. The van der Waals surface area contributed by atoms with E-state index in [-0.39, 0.29) is 12.2 Å². The molecule has 2 atom stereocenters. The Morgan fingerprint density at radius 3 is 2.30 bits per heavy atom. The molecule has 152 valence electrons. The van der Waals surface area contributed by atoms with Crippen molar-refractivity contribution in [3.8, 4) is 12.1 Å². The molecule has 0 N–H and O–H groups in total. The highest BCUT2D eigenvalue weighted by Gasteiger charge is 2.55. The third-order valence-electron chi connectivity index (χ3n) is 6.22. The molecule has 1 aliphatic rings. The minimum absolute atomic E-state index is 0.111. The molecule has 0 spiro atoms. The van der Waals surface area contributed by atoms with Crippen LogP contribution in [0.1, 0.15) is 36.8 Å². The number of piperidine rings is 1. The molecule has 0 aromatic heterocycles. The van der Waals surface area contributed by atoms with Gasteiger partial charge in [0.2, 0.25) is 0 Å². The van der Waals surface area contributed by atoms with E-state index in [9.17, 15) is 15.3 Å². The van der Waals surface area contributed by atoms with E-state index in [1.54, 1.807) is 6.08 Å². The lowest BCUT2D eigenvalue weighted by Gasteiger charge is -2.47. The molecule has 0 unspecified atom stereocenters. The van der Waals surface area contributed by atoms with E-state index >= 15 is 0 Å². The summed E-state index contributed by atoms with van der Waals surface area (Å²) in [4.78, 5) is 15.6. The molecule has 0 saturated carbocycles. The molecule has 1 heterocycles. The monoisotopic (exact) mass is 397 g/mol. The number of rotatable bonds is 7. The molecule has 1 fully saturated rings. The van der Waals surface area contributed by atoms with Crippen molar-refractivity contribution in [1.29, 1.82) is 10.5 Å². The van der Waals surface area contributed by atoms with Crippen molar-refractivity contribution in [3.05, 3.63) is 84.4 Å². The van der Waals surface area contributed by atoms with Crippen LogP contribution in [-0.4, -0.2) is 23.8 Å². The van der Waals surface area contributed by atoms with Gasteiger partial charge >= 0.3 is 0 Å². The van der Waals surface area contributed by atoms with Crippen LogP contribution < -0.4 is 0 Å². The van der Waals surface area contributed by atoms with Gasteiger partial charge in [0.05, 0.1) is 12.1 Å². The first-order chi connectivity index (χ1) is 14.5. The Hall–Kier alpha value is -3.21. The highest BCUT2D eigenvalue weighted by atomic mass is 16.1. The van der Waals surface area contributed by atoms with Crippen LogP contribution in [-0.2, 0) is 11.3 Å². The van der Waals surface area contributed by atoms with Gasteiger partial charge in [0, 0.05) is 37.4 Å². The van der Waals surface area contributed by atoms with Gasteiger partial charge in [0.1, 0.15) is 5.78 Å². The number of carbonyl (C=O) groups excluding carboxylic acids is 1. The van der Waals surface area contributed by atoms with E-state index in [1.807, 2.05) is 55.5 Å². The van der Waals surface area contributed by atoms with Crippen LogP contribution >= 0.6 is 0 Å². The molecular weight excluding hydrogens is 370 g/mol. The Bertz CT molecular complexity index is 957. The molecule has 30 heavy (non-hydrogen) atoms. The van der Waals surface area contributed by atoms with Crippen LogP contribution in [0.5, 0.6) is 0 Å². The summed E-state index contributed by atoms with van der Waals surface area (Å²) in [6.45, 7) is 7.62. The number of nitrogens with zero attached hydrogens (tertiary/aromatic N) is 3. The Morgan fingerprint density at radius 2 is 1.73 bits per heavy atom. The second kappa shape index (κ2) is 9.08. The molecule has 0 aliphatic carbocycles. The van der Waals surface area contributed by atoms with Crippen molar-refractivity contribution >= 4 is 5.78 Å². The number of benzene rings is 2. The Morgan fingerprint density at radius 1 is 1.13 bits per heavy atom. The zero-order valence-corrected chi connectivity index (χ0v) is 17.4. The van der Waals surface area contributed by atoms with Crippen molar-refractivity contribution < 1.29 is 4.79 Å². The number of likely N-dealkylation sites (tertiary alicyclic amines) is 1. The maximum absolute atomic E-state index is 13.3. The predicted octanol–water partition coefficient (Wildman–Crippen LogP) is 4.86. The normalized spacial score (nSPS) is 20.7. The maximum Gasteiger partial charge on any atom is 0.155 e. The first-order valence-corrected chi connectivity index (χ1v) is 10.3. The van der Waals surface area contributed by atoms with Gasteiger partial charge in [-0.1, -0.05) is 73.7 Å². The Balaban J connectivity index is 2.06. The van der Waals surface area contributed by atoms with E-state index in [1.165, 1.54) is 5.56 Å². The topological polar surface area (TPSA) is 67.9 Å². The summed E-state index contributed by atoms with van der Waals surface area (Å²) in [7, 11) is 0. The van der Waals surface area contributed by atoms with E-state index < -0.39 is 16.7 Å². The molecule has 4 nitrogen and oxygen atoms in total. The SMILES string of the molecule is C=CCC(C#N)(C#N)[C@H](c1ccccc1)[C@@]1(C)CN(Cc2ccccc2)CCC1=O. The summed E-state index contributed by atoms with van der Waals surface area (Å²) < 4.78 is 0. The summed E-state index contributed by atoms with van der Waals surface area (Å²) in [6, 6.07) is 24.2. The third kappa shape index (κ3) is 4.06. The van der Waals surface area contributed by atoms with E-state index in [0.717, 1.165) is 12.1 Å². The van der Waals surface area contributed by atoms with Crippen LogP contribution in [0, 0.1) is 33.5 Å². The molecule has 0 bridgehead atoms. The molecule has 4 heteroatoms. The van der Waals surface area contributed by atoms with Gasteiger partial charge in [-0.25, -0.2) is 0 Å². The fourth-order valence-corrected chi connectivity index (χ4v) is 4.84. The third-order valence-corrected chi connectivity index (χ3v) is 6.22. The first kappa shape index (κ1) is 21.5. The number of ketones is 1. The summed E-state index contributed by atoms with van der Waals surface area (Å²) in [5.74, 6) is -0.440. The lowest BCUT2D eigenvalue weighted by Crippen LogP contribution is -2.53. The van der Waals surface area contributed by atoms with Crippen LogP contribution in [0.4, 0.5) is 0 Å². The Labute approximate surface area is 179 Å². The molecular formula is C26H27N3O. The molecule has 0 amide bonds. The van der Waals surface area contributed by atoms with Crippen molar-refractivity contribution in [3.63, 3.8) is 0 Å². The smallest absolute Gasteiger partial charge is 0.155 e. The lowest BCUT2D eigenvalue weighted by molar-refractivity contribution is -0.136. The second-order valence-electron chi connectivity index (χ2n) is 8.32. The average molecular weight is 398 g/mol. The summed E-state index contributed by atoms with van der Waals surface area (Å²) >= 11 is 0. The van der Waals surface area contributed by atoms with Crippen molar-refractivity contribution in [2.75, 3.05) is 13.1 Å². The molecule has 0 radical (unpaired) electrons. The molecule has 3 rings (SSSR count). The van der Waals surface area contributed by atoms with Crippen LogP contribution in [0.3, 0.4) is 0 Å². The Kier molecular flexibility index (Phi) is 6.50. The van der Waals surface area contributed by atoms with E-state index in [0.29, 0.717) is 19.5 Å². The maximum atomic E-state index is 13.3. The first-order valence-electron chi connectivity index (χ1n) is 10.3. The minimum atomic E-state index is -1.36. The number of Topliss-reactive ketones (excluding diaryl/α,β-unsaturated/α-hetero) is 1. The largest absolute Gasteiger partial charge is 0.299 e. The van der Waals surface area contributed by atoms with Crippen molar-refractivity contribution in [1.82, 2.24) is 4.90 Å². The number of hydrogen-bond acceptors (Lipinski definition) is 4. The molecule has 1 aliphatic heterocycles. The van der Waals surface area contributed by atoms with Gasteiger partial charge in [0.15, 0.2) is 5.41 Å². The van der Waals surface area contributed by atoms with Gasteiger partial charge in [-0.3, -0.25) is 9.69 Å².